The van der Waals surface area contributed by atoms with Crippen molar-refractivity contribution in [1.82, 2.24) is 0 Å². The lowest BCUT2D eigenvalue weighted by Crippen LogP contribution is -2.05. The number of hydrogen-bond acceptors (Lipinski definition) is 1. The van der Waals surface area contributed by atoms with Crippen LogP contribution in [0.15, 0.2) is 78.9 Å². The molecule has 0 saturated carbocycles. The average molecular weight is 297 g/mol. The highest BCUT2D eigenvalue weighted by molar-refractivity contribution is 5.74. The predicted molar refractivity (Wildman–Crippen MR) is 97.0 cm³/mol. The fourth-order valence-corrected chi connectivity index (χ4v) is 3.39. The molecule has 0 heterocycles. The van der Waals surface area contributed by atoms with E-state index >= 15 is 0 Å². The summed E-state index contributed by atoms with van der Waals surface area (Å²) in [7, 11) is 0. The van der Waals surface area contributed by atoms with E-state index in [1.54, 1.807) is 0 Å². The van der Waals surface area contributed by atoms with Crippen molar-refractivity contribution in [1.29, 1.82) is 0 Å². The minimum Gasteiger partial charge on any atom is -0.398 e. The summed E-state index contributed by atoms with van der Waals surface area (Å²) in [6.07, 6.45) is 3.89. The zero-order valence-electron chi connectivity index (χ0n) is 13.0. The van der Waals surface area contributed by atoms with Crippen LogP contribution < -0.4 is 5.73 Å². The molecule has 1 aliphatic rings. The van der Waals surface area contributed by atoms with Crippen LogP contribution in [0.25, 0.3) is 16.8 Å². The van der Waals surface area contributed by atoms with Gasteiger partial charge in [0.05, 0.1) is 0 Å². The van der Waals surface area contributed by atoms with E-state index in [0.717, 1.165) is 24.1 Å². The van der Waals surface area contributed by atoms with Crippen LogP contribution in [0.3, 0.4) is 0 Å². The maximum atomic E-state index is 6.37. The fraction of sp³-hybridized carbons (Fsp3) is 0.0909. The van der Waals surface area contributed by atoms with E-state index in [2.05, 4.69) is 78.9 Å². The Morgan fingerprint density at radius 1 is 0.565 bits per heavy atom. The van der Waals surface area contributed by atoms with Crippen molar-refractivity contribution in [2.45, 2.75) is 12.8 Å². The minimum absolute atomic E-state index is 0.852. The Morgan fingerprint density at radius 3 is 1.74 bits per heavy atom. The first-order valence-corrected chi connectivity index (χ1v) is 8.03. The van der Waals surface area contributed by atoms with Crippen LogP contribution in [0.4, 0.5) is 0 Å². The van der Waals surface area contributed by atoms with Crippen molar-refractivity contribution in [3.8, 4) is 11.1 Å². The summed E-state index contributed by atoms with van der Waals surface area (Å²) in [5.41, 5.74) is 15.0. The summed E-state index contributed by atoms with van der Waals surface area (Å²) in [5.74, 6) is 0. The summed E-state index contributed by atoms with van der Waals surface area (Å²) in [4.78, 5) is 0. The molecule has 0 radical (unpaired) electrons. The Labute approximate surface area is 137 Å². The van der Waals surface area contributed by atoms with Gasteiger partial charge in [0.15, 0.2) is 0 Å². The highest BCUT2D eigenvalue weighted by Gasteiger charge is 2.13. The van der Waals surface area contributed by atoms with E-state index in [-0.39, 0.29) is 0 Å². The summed E-state index contributed by atoms with van der Waals surface area (Å²) in [5, 5.41) is 0. The highest BCUT2D eigenvalue weighted by atomic mass is 14.6. The van der Waals surface area contributed by atoms with Crippen LogP contribution in [-0.4, -0.2) is 0 Å². The van der Waals surface area contributed by atoms with Gasteiger partial charge in [0.25, 0.3) is 0 Å². The van der Waals surface area contributed by atoms with E-state index in [9.17, 15) is 0 Å². The molecule has 1 heteroatoms. The first kappa shape index (κ1) is 13.8. The van der Waals surface area contributed by atoms with E-state index in [4.69, 9.17) is 5.73 Å². The number of allylic oxidation sites excluding steroid dienone is 1. The number of hydrogen-bond donors (Lipinski definition) is 1. The molecule has 112 valence electrons. The summed E-state index contributed by atoms with van der Waals surface area (Å²) < 4.78 is 0. The van der Waals surface area contributed by atoms with E-state index in [0.29, 0.717) is 0 Å². The Morgan fingerprint density at radius 2 is 1.04 bits per heavy atom. The lowest BCUT2D eigenvalue weighted by molar-refractivity contribution is 1.16. The second kappa shape index (κ2) is 5.77. The van der Waals surface area contributed by atoms with Crippen LogP contribution >= 0.6 is 0 Å². The van der Waals surface area contributed by atoms with Gasteiger partial charge >= 0.3 is 0 Å². The van der Waals surface area contributed by atoms with Crippen LogP contribution in [0.5, 0.6) is 0 Å². The van der Waals surface area contributed by atoms with Gasteiger partial charge in [0, 0.05) is 11.3 Å². The number of nitrogens with two attached hydrogens (primary N) is 1. The van der Waals surface area contributed by atoms with Crippen molar-refractivity contribution in [2.75, 3.05) is 0 Å². The van der Waals surface area contributed by atoms with Gasteiger partial charge in [0.2, 0.25) is 0 Å². The molecule has 0 spiro atoms. The molecule has 3 aromatic carbocycles. The molecule has 0 aromatic heterocycles. The molecular weight excluding hydrogens is 278 g/mol. The second-order valence-corrected chi connectivity index (χ2v) is 6.01. The zero-order chi connectivity index (χ0) is 15.6. The minimum atomic E-state index is 0.852. The largest absolute Gasteiger partial charge is 0.398 e. The molecule has 0 unspecified atom stereocenters. The van der Waals surface area contributed by atoms with Crippen LogP contribution in [0, 0.1) is 0 Å². The molecular formula is C22H19N. The van der Waals surface area contributed by atoms with Crippen LogP contribution in [0.1, 0.15) is 22.3 Å². The van der Waals surface area contributed by atoms with Crippen molar-refractivity contribution in [3.63, 3.8) is 0 Å². The molecule has 4 rings (SSSR count). The molecule has 0 fully saturated rings. The third-order valence-corrected chi connectivity index (χ3v) is 4.58. The number of fused-ring (bicyclic) bond motifs is 4. The standard InChI is InChI=1S/C22H19N/c23-22-14-13-16-7-1-4-10-19(16)20-11-5-2-8-17(20)15-18-9-3-6-12-21(18)22/h1-12,14H,13,15,23H2/b22-14+. The molecule has 0 amide bonds. The lowest BCUT2D eigenvalue weighted by atomic mass is 9.88. The van der Waals surface area contributed by atoms with Gasteiger partial charge in [-0.3, -0.25) is 0 Å². The van der Waals surface area contributed by atoms with Crippen molar-refractivity contribution < 1.29 is 0 Å². The van der Waals surface area contributed by atoms with E-state index < -0.39 is 0 Å². The van der Waals surface area contributed by atoms with Gasteiger partial charge in [-0.15, -0.1) is 0 Å². The van der Waals surface area contributed by atoms with Gasteiger partial charge in [-0.2, -0.15) is 0 Å². The van der Waals surface area contributed by atoms with Crippen LogP contribution in [0.2, 0.25) is 0 Å². The van der Waals surface area contributed by atoms with E-state index in [1.807, 2.05) is 0 Å². The Kier molecular flexibility index (Phi) is 3.47. The molecule has 1 aliphatic carbocycles. The normalized spacial score (nSPS) is 15.6. The number of benzene rings is 3. The highest BCUT2D eigenvalue weighted by Crippen LogP contribution is 2.31. The molecule has 1 nitrogen and oxygen atoms in total. The predicted octanol–water partition coefficient (Wildman–Crippen LogP) is 4.80. The first-order chi connectivity index (χ1) is 11.3. The van der Waals surface area contributed by atoms with E-state index in [1.165, 1.54) is 27.8 Å². The monoisotopic (exact) mass is 297 g/mol. The smallest absolute Gasteiger partial charge is 0.0353 e. The first-order valence-electron chi connectivity index (χ1n) is 8.03. The SMILES string of the molecule is N/C1=C/Cc2ccccc2-c2ccccc2Cc2ccccc21. The molecule has 3 aromatic rings. The fourth-order valence-electron chi connectivity index (χ4n) is 3.39. The third-order valence-electron chi connectivity index (χ3n) is 4.58. The summed E-state index contributed by atoms with van der Waals surface area (Å²) in [6.45, 7) is 0. The van der Waals surface area contributed by atoms with Crippen LogP contribution in [-0.2, 0) is 12.8 Å². The quantitative estimate of drug-likeness (QED) is 0.633. The topological polar surface area (TPSA) is 26.0 Å². The Balaban J connectivity index is 1.98. The van der Waals surface area contributed by atoms with Gasteiger partial charge in [-0.05, 0) is 40.7 Å². The molecule has 23 heavy (non-hydrogen) atoms. The lowest BCUT2D eigenvalue weighted by Gasteiger charge is -2.17. The zero-order valence-corrected chi connectivity index (χ0v) is 13.0. The van der Waals surface area contributed by atoms with Gasteiger partial charge in [0.1, 0.15) is 0 Å². The maximum Gasteiger partial charge on any atom is 0.0353 e. The maximum absolute atomic E-state index is 6.37. The molecule has 0 bridgehead atoms. The third kappa shape index (κ3) is 2.55. The van der Waals surface area contributed by atoms with Gasteiger partial charge in [-0.1, -0.05) is 78.9 Å². The average Bonchev–Trinajstić information content (AvgIpc) is 2.61. The summed E-state index contributed by atoms with van der Waals surface area (Å²) in [6, 6.07) is 25.8. The molecule has 0 aliphatic heterocycles. The molecule has 0 saturated heterocycles. The van der Waals surface area contributed by atoms with Crippen molar-refractivity contribution >= 4 is 5.70 Å². The molecule has 0 atom stereocenters. The Bertz CT molecular complexity index is 890. The Hall–Kier alpha value is -2.80. The van der Waals surface area contributed by atoms with Crippen molar-refractivity contribution in [3.05, 3.63) is 101 Å². The molecule has 2 N–H and O–H groups in total. The second-order valence-electron chi connectivity index (χ2n) is 6.01. The van der Waals surface area contributed by atoms with Crippen molar-refractivity contribution in [2.24, 2.45) is 5.73 Å². The van der Waals surface area contributed by atoms with Gasteiger partial charge < -0.3 is 5.73 Å². The van der Waals surface area contributed by atoms with Gasteiger partial charge in [-0.25, -0.2) is 0 Å². The number of rotatable bonds is 0. The summed E-state index contributed by atoms with van der Waals surface area (Å²) >= 11 is 0.